The Morgan fingerprint density at radius 3 is 2.73 bits per heavy atom. The fraction of sp³-hybridized carbons (Fsp3) is 0.583. The minimum absolute atomic E-state index is 0.571. The van der Waals surface area contributed by atoms with Crippen molar-refractivity contribution in [2.45, 2.75) is 38.8 Å². The van der Waals surface area contributed by atoms with E-state index in [4.69, 9.17) is 5.73 Å². The van der Waals surface area contributed by atoms with E-state index in [2.05, 4.69) is 29.9 Å². The maximum Gasteiger partial charge on any atom is 0.131 e. The van der Waals surface area contributed by atoms with Crippen molar-refractivity contribution in [2.24, 2.45) is 5.73 Å². The minimum Gasteiger partial charge on any atom is -0.356 e. The van der Waals surface area contributed by atoms with Crippen molar-refractivity contribution < 1.29 is 0 Å². The molecule has 2 rings (SSSR count). The van der Waals surface area contributed by atoms with E-state index < -0.39 is 0 Å². The lowest BCUT2D eigenvalue weighted by Crippen LogP contribution is -2.38. The van der Waals surface area contributed by atoms with E-state index in [0.29, 0.717) is 12.6 Å². The molecule has 3 nitrogen and oxygen atoms in total. The summed E-state index contributed by atoms with van der Waals surface area (Å²) in [6.07, 6.45) is 5.85. The quantitative estimate of drug-likeness (QED) is 0.818. The molecule has 0 spiro atoms. The number of aromatic nitrogens is 1. The molecule has 0 bridgehead atoms. The maximum atomic E-state index is 5.59. The van der Waals surface area contributed by atoms with Crippen LogP contribution >= 0.6 is 0 Å². The van der Waals surface area contributed by atoms with Gasteiger partial charge in [0.15, 0.2) is 0 Å². The molecule has 0 atom stereocenters. The van der Waals surface area contributed by atoms with Crippen LogP contribution in [0.15, 0.2) is 12.3 Å². The largest absolute Gasteiger partial charge is 0.356 e. The third-order valence-electron chi connectivity index (χ3n) is 3.30. The topological polar surface area (TPSA) is 42.1 Å². The van der Waals surface area contributed by atoms with Gasteiger partial charge in [0.1, 0.15) is 5.82 Å². The van der Waals surface area contributed by atoms with Crippen LogP contribution in [0.3, 0.4) is 0 Å². The first kappa shape index (κ1) is 10.4. The first-order valence-electron chi connectivity index (χ1n) is 5.61. The average molecular weight is 205 g/mol. The van der Waals surface area contributed by atoms with Gasteiger partial charge in [-0.3, -0.25) is 0 Å². The molecule has 3 heteroatoms. The van der Waals surface area contributed by atoms with Crippen molar-refractivity contribution in [1.29, 1.82) is 0 Å². The van der Waals surface area contributed by atoms with Crippen LogP contribution in [-0.2, 0) is 6.54 Å². The van der Waals surface area contributed by atoms with Gasteiger partial charge in [0.25, 0.3) is 0 Å². The van der Waals surface area contributed by atoms with E-state index in [1.165, 1.54) is 24.8 Å². The Bertz CT molecular complexity index is 345. The Morgan fingerprint density at radius 1 is 1.53 bits per heavy atom. The fourth-order valence-electron chi connectivity index (χ4n) is 2.05. The number of nitrogens with zero attached hydrogens (tertiary/aromatic N) is 2. The molecule has 0 aromatic carbocycles. The number of anilines is 1. The summed E-state index contributed by atoms with van der Waals surface area (Å²) in [6.45, 7) is 2.68. The molecule has 1 aromatic rings. The van der Waals surface area contributed by atoms with Crippen LogP contribution in [0.5, 0.6) is 0 Å². The Hall–Kier alpha value is -1.09. The van der Waals surface area contributed by atoms with Crippen molar-refractivity contribution in [3.8, 4) is 0 Å². The van der Waals surface area contributed by atoms with Gasteiger partial charge in [0.2, 0.25) is 0 Å². The van der Waals surface area contributed by atoms with Crippen molar-refractivity contribution >= 4 is 5.82 Å². The van der Waals surface area contributed by atoms with Gasteiger partial charge >= 0.3 is 0 Å². The molecule has 1 fully saturated rings. The Morgan fingerprint density at radius 2 is 2.27 bits per heavy atom. The normalized spacial score (nSPS) is 16.2. The fourth-order valence-corrected chi connectivity index (χ4v) is 2.05. The molecule has 1 saturated carbocycles. The molecule has 0 radical (unpaired) electrons. The molecule has 82 valence electrons. The van der Waals surface area contributed by atoms with E-state index in [1.54, 1.807) is 0 Å². The first-order valence-corrected chi connectivity index (χ1v) is 5.61. The predicted octanol–water partition coefficient (Wildman–Crippen LogP) is 1.84. The van der Waals surface area contributed by atoms with Crippen LogP contribution in [0.25, 0.3) is 0 Å². The second kappa shape index (κ2) is 4.19. The van der Waals surface area contributed by atoms with Crippen LogP contribution in [0, 0.1) is 6.92 Å². The Labute approximate surface area is 91.3 Å². The molecule has 15 heavy (non-hydrogen) atoms. The molecule has 0 amide bonds. The Kier molecular flexibility index (Phi) is 2.91. The number of rotatable bonds is 3. The molecule has 2 N–H and O–H groups in total. The molecular formula is C12H19N3. The van der Waals surface area contributed by atoms with Crippen LogP contribution in [0.2, 0.25) is 0 Å². The third-order valence-corrected chi connectivity index (χ3v) is 3.30. The zero-order valence-corrected chi connectivity index (χ0v) is 9.53. The van der Waals surface area contributed by atoms with Crippen molar-refractivity contribution in [3.05, 3.63) is 23.4 Å². The van der Waals surface area contributed by atoms with Gasteiger partial charge in [0, 0.05) is 25.8 Å². The lowest BCUT2D eigenvalue weighted by atomic mass is 9.91. The first-order chi connectivity index (χ1) is 7.22. The summed E-state index contributed by atoms with van der Waals surface area (Å²) < 4.78 is 0. The highest BCUT2D eigenvalue weighted by Gasteiger charge is 2.23. The highest BCUT2D eigenvalue weighted by Crippen LogP contribution is 2.28. The zero-order valence-electron chi connectivity index (χ0n) is 9.53. The average Bonchev–Trinajstić information content (AvgIpc) is 2.14. The van der Waals surface area contributed by atoms with Crippen LogP contribution in [0.4, 0.5) is 5.82 Å². The zero-order chi connectivity index (χ0) is 10.8. The standard InChI is InChI=1S/C12H19N3/c1-9-6-10(7-13)8-14-12(9)15(2)11-4-3-5-11/h6,8,11H,3-5,7,13H2,1-2H3. The highest BCUT2D eigenvalue weighted by atomic mass is 15.2. The predicted molar refractivity (Wildman–Crippen MR) is 62.9 cm³/mol. The minimum atomic E-state index is 0.571. The summed E-state index contributed by atoms with van der Waals surface area (Å²) in [5, 5.41) is 0. The summed E-state index contributed by atoms with van der Waals surface area (Å²) in [5.74, 6) is 1.11. The molecule has 0 unspecified atom stereocenters. The molecule has 1 aliphatic rings. The third kappa shape index (κ3) is 1.97. The second-order valence-electron chi connectivity index (χ2n) is 4.38. The number of hydrogen-bond donors (Lipinski definition) is 1. The SMILES string of the molecule is Cc1cc(CN)cnc1N(C)C1CCC1. The molecule has 1 aliphatic carbocycles. The van der Waals surface area contributed by atoms with Gasteiger partial charge in [-0.2, -0.15) is 0 Å². The molecule has 0 aliphatic heterocycles. The van der Waals surface area contributed by atoms with Gasteiger partial charge < -0.3 is 10.6 Å². The van der Waals surface area contributed by atoms with E-state index in [1.807, 2.05) is 6.20 Å². The van der Waals surface area contributed by atoms with Gasteiger partial charge in [-0.25, -0.2) is 4.98 Å². The van der Waals surface area contributed by atoms with Gasteiger partial charge in [0.05, 0.1) is 0 Å². The van der Waals surface area contributed by atoms with Gasteiger partial charge in [-0.05, 0) is 43.4 Å². The van der Waals surface area contributed by atoms with Gasteiger partial charge in [-0.1, -0.05) is 0 Å². The van der Waals surface area contributed by atoms with Crippen LogP contribution < -0.4 is 10.6 Å². The number of pyridine rings is 1. The number of aryl methyl sites for hydroxylation is 1. The molecule has 1 aromatic heterocycles. The molecule has 0 saturated heterocycles. The summed E-state index contributed by atoms with van der Waals surface area (Å²) >= 11 is 0. The summed E-state index contributed by atoms with van der Waals surface area (Å²) in [5.41, 5.74) is 7.93. The second-order valence-corrected chi connectivity index (χ2v) is 4.38. The number of nitrogens with two attached hydrogens (primary N) is 1. The van der Waals surface area contributed by atoms with Crippen LogP contribution in [0.1, 0.15) is 30.4 Å². The highest BCUT2D eigenvalue weighted by molar-refractivity contribution is 5.47. The monoisotopic (exact) mass is 205 g/mol. The summed E-state index contributed by atoms with van der Waals surface area (Å²) in [7, 11) is 2.14. The van der Waals surface area contributed by atoms with E-state index in [9.17, 15) is 0 Å². The summed E-state index contributed by atoms with van der Waals surface area (Å²) in [6, 6.07) is 2.83. The summed E-state index contributed by atoms with van der Waals surface area (Å²) in [4.78, 5) is 6.80. The van der Waals surface area contributed by atoms with E-state index >= 15 is 0 Å². The van der Waals surface area contributed by atoms with E-state index in [-0.39, 0.29) is 0 Å². The van der Waals surface area contributed by atoms with Crippen molar-refractivity contribution in [3.63, 3.8) is 0 Å². The van der Waals surface area contributed by atoms with Gasteiger partial charge in [-0.15, -0.1) is 0 Å². The number of hydrogen-bond acceptors (Lipinski definition) is 3. The lowest BCUT2D eigenvalue weighted by Gasteiger charge is -2.36. The maximum absolute atomic E-state index is 5.59. The smallest absolute Gasteiger partial charge is 0.131 e. The van der Waals surface area contributed by atoms with E-state index in [0.717, 1.165) is 11.4 Å². The van der Waals surface area contributed by atoms with Crippen molar-refractivity contribution in [2.75, 3.05) is 11.9 Å². The molecule has 1 heterocycles. The molecular weight excluding hydrogens is 186 g/mol. The van der Waals surface area contributed by atoms with Crippen molar-refractivity contribution in [1.82, 2.24) is 4.98 Å². The Balaban J connectivity index is 2.19. The van der Waals surface area contributed by atoms with Crippen LogP contribution in [-0.4, -0.2) is 18.1 Å². The lowest BCUT2D eigenvalue weighted by molar-refractivity contribution is 0.399.